The monoisotopic (exact) mass is 334 g/mol. The number of halogens is 1. The van der Waals surface area contributed by atoms with Crippen LogP contribution in [0.4, 0.5) is 5.69 Å². The predicted molar refractivity (Wildman–Crippen MR) is 75.8 cm³/mol. The highest BCUT2D eigenvalue weighted by Crippen LogP contribution is 2.11. The smallest absolute Gasteiger partial charge is 0.233 e. The molecule has 0 spiro atoms. The van der Waals surface area contributed by atoms with Crippen LogP contribution in [-0.4, -0.2) is 13.0 Å². The van der Waals surface area contributed by atoms with E-state index in [1.54, 1.807) is 4.90 Å². The zero-order chi connectivity index (χ0) is 13.7. The van der Waals surface area contributed by atoms with Crippen molar-refractivity contribution in [3.63, 3.8) is 0 Å². The molecule has 3 nitrogen and oxygen atoms in total. The number of carbonyl (C=O) groups is 1. The molecule has 0 aliphatic rings. The third-order valence-corrected chi connectivity index (χ3v) is 3.16. The Hall–Kier alpha value is -1.68. The predicted octanol–water partition coefficient (Wildman–Crippen LogP) is -0.660. The zero-order valence-corrected chi connectivity index (χ0v) is 13.4. The Kier molecular flexibility index (Phi) is 6.39. The average molecular weight is 335 g/mol. The number of anilines is 1. The summed E-state index contributed by atoms with van der Waals surface area (Å²) in [5.41, 5.74) is 2.16. The minimum absolute atomic E-state index is 0. The molecule has 1 amide bonds. The van der Waals surface area contributed by atoms with Crippen molar-refractivity contribution in [1.29, 1.82) is 0 Å². The fourth-order valence-corrected chi connectivity index (χ4v) is 1.87. The number of para-hydroxylation sites is 1. The van der Waals surface area contributed by atoms with Gasteiger partial charge in [0.1, 0.15) is 0 Å². The molecule has 0 bridgehead atoms. The van der Waals surface area contributed by atoms with Crippen molar-refractivity contribution in [1.82, 2.24) is 0 Å². The maximum atomic E-state index is 12.1. The van der Waals surface area contributed by atoms with Gasteiger partial charge in [-0.15, -0.1) is 0 Å². The van der Waals surface area contributed by atoms with E-state index in [1.807, 2.05) is 66.5 Å². The summed E-state index contributed by atoms with van der Waals surface area (Å²) in [6, 6.07) is 13.8. The number of aromatic nitrogens is 1. The van der Waals surface area contributed by atoms with Crippen molar-refractivity contribution in [2.24, 2.45) is 0 Å². The molecule has 0 atom stereocenters. The number of benzene rings is 1. The van der Waals surface area contributed by atoms with Crippen molar-refractivity contribution in [2.45, 2.75) is 19.9 Å². The normalized spacial score (nSPS) is 9.70. The van der Waals surface area contributed by atoms with Gasteiger partial charge in [-0.05, 0) is 24.6 Å². The molecular weight excluding hydrogens is 316 g/mol. The molecule has 20 heavy (non-hydrogen) atoms. The van der Waals surface area contributed by atoms with E-state index in [2.05, 4.69) is 6.92 Å². The van der Waals surface area contributed by atoms with Crippen LogP contribution in [0.25, 0.3) is 0 Å². The summed E-state index contributed by atoms with van der Waals surface area (Å²) < 4.78 is 2.03. The molecule has 0 aliphatic heterocycles. The van der Waals surface area contributed by atoms with E-state index >= 15 is 0 Å². The lowest BCUT2D eigenvalue weighted by Gasteiger charge is -2.16. The number of rotatable bonds is 4. The first kappa shape index (κ1) is 16.4. The van der Waals surface area contributed by atoms with E-state index in [9.17, 15) is 4.79 Å². The maximum Gasteiger partial charge on any atom is 0.233 e. The molecule has 0 saturated carbocycles. The van der Waals surface area contributed by atoms with Crippen LogP contribution in [0.1, 0.15) is 12.0 Å². The molecule has 0 saturated heterocycles. The van der Waals surface area contributed by atoms with Crippen molar-refractivity contribution < 1.29 is 26.3 Å². The Morgan fingerprint density at radius 3 is 2.30 bits per heavy atom. The quantitative estimate of drug-likeness (QED) is 0.681. The number of hydrogen-bond acceptors (Lipinski definition) is 1. The lowest BCUT2D eigenvalue weighted by molar-refractivity contribution is -0.695. The Balaban J connectivity index is 0.00000200. The molecule has 0 unspecified atom stereocenters. The molecule has 2 aromatic rings. The van der Waals surface area contributed by atoms with Gasteiger partial charge in [-0.1, -0.05) is 18.2 Å². The van der Waals surface area contributed by atoms with Crippen molar-refractivity contribution in [3.8, 4) is 0 Å². The van der Waals surface area contributed by atoms with Gasteiger partial charge < -0.3 is 21.9 Å². The van der Waals surface area contributed by atoms with E-state index in [0.29, 0.717) is 13.0 Å². The molecule has 0 radical (unpaired) electrons. The first-order valence-electron chi connectivity index (χ1n) is 6.44. The number of hydrogen-bond donors (Lipinski definition) is 0. The number of aryl methyl sites for hydroxylation is 2. The Bertz CT molecular complexity index is 540. The minimum Gasteiger partial charge on any atom is -1.00 e. The number of carbonyl (C=O) groups excluding carboxylic acids is 1. The molecule has 1 aromatic carbocycles. The summed E-state index contributed by atoms with van der Waals surface area (Å²) in [6.45, 7) is 2.76. The molecule has 0 aliphatic carbocycles. The summed E-state index contributed by atoms with van der Waals surface area (Å²) in [6.07, 6.45) is 4.51. The summed E-state index contributed by atoms with van der Waals surface area (Å²) in [5, 5.41) is 0. The summed E-state index contributed by atoms with van der Waals surface area (Å²) in [5.74, 6) is 0.124. The van der Waals surface area contributed by atoms with Crippen LogP contribution < -0.4 is 26.4 Å². The molecule has 0 fully saturated rings. The van der Waals surface area contributed by atoms with Gasteiger partial charge in [-0.2, -0.15) is 0 Å². The van der Waals surface area contributed by atoms with Gasteiger partial charge in [0.25, 0.3) is 0 Å². The molecule has 0 N–H and O–H groups in total. The van der Waals surface area contributed by atoms with Crippen LogP contribution >= 0.6 is 0 Å². The second kappa shape index (κ2) is 7.80. The lowest BCUT2D eigenvalue weighted by Crippen LogP contribution is -3.00. The molecule has 1 aromatic heterocycles. The van der Waals surface area contributed by atoms with Crippen LogP contribution in [0.3, 0.4) is 0 Å². The maximum absolute atomic E-state index is 12.1. The minimum atomic E-state index is 0. The Labute approximate surface area is 130 Å². The summed E-state index contributed by atoms with van der Waals surface area (Å²) in [7, 11) is 1.82. The van der Waals surface area contributed by atoms with E-state index in [4.69, 9.17) is 0 Å². The highest BCUT2D eigenvalue weighted by atomic mass is 79.9. The highest BCUT2D eigenvalue weighted by molar-refractivity contribution is 5.92. The second-order valence-electron chi connectivity index (χ2n) is 4.65. The van der Waals surface area contributed by atoms with E-state index in [-0.39, 0.29) is 22.9 Å². The highest BCUT2D eigenvalue weighted by Gasteiger charge is 2.12. The summed E-state index contributed by atoms with van der Waals surface area (Å²) in [4.78, 5) is 13.8. The molecular formula is C16H19BrN2O. The van der Waals surface area contributed by atoms with Crippen LogP contribution in [0, 0.1) is 6.92 Å². The van der Waals surface area contributed by atoms with Crippen LogP contribution in [0.2, 0.25) is 0 Å². The lowest BCUT2D eigenvalue weighted by atomic mass is 10.2. The number of nitrogens with zero attached hydrogens (tertiary/aromatic N) is 2. The topological polar surface area (TPSA) is 24.2 Å². The van der Waals surface area contributed by atoms with Crippen molar-refractivity contribution in [3.05, 3.63) is 60.4 Å². The standard InChI is InChI=1S/C16H19N2O.BrH/c1-14-8-11-18(12-9-14)13-10-16(19)17(2)15-6-4-3-5-7-15;/h3-9,11-12H,10,13H2,1-2H3;1H/q+1;/p-1. The third-order valence-electron chi connectivity index (χ3n) is 3.16. The van der Waals surface area contributed by atoms with Gasteiger partial charge in [-0.3, -0.25) is 4.79 Å². The first-order chi connectivity index (χ1) is 9.16. The Morgan fingerprint density at radius 1 is 1.10 bits per heavy atom. The fraction of sp³-hybridized carbons (Fsp3) is 0.250. The molecule has 106 valence electrons. The van der Waals surface area contributed by atoms with E-state index in [1.165, 1.54) is 5.56 Å². The average Bonchev–Trinajstić information content (AvgIpc) is 2.46. The van der Waals surface area contributed by atoms with Crippen LogP contribution in [0.5, 0.6) is 0 Å². The van der Waals surface area contributed by atoms with Gasteiger partial charge in [0.05, 0.1) is 6.42 Å². The van der Waals surface area contributed by atoms with Crippen molar-refractivity contribution >= 4 is 11.6 Å². The molecule has 1 heterocycles. The number of amides is 1. The fourth-order valence-electron chi connectivity index (χ4n) is 1.87. The SMILES string of the molecule is Cc1cc[n+](CCC(=O)N(C)c2ccccc2)cc1.[Br-]. The second-order valence-corrected chi connectivity index (χ2v) is 4.65. The first-order valence-corrected chi connectivity index (χ1v) is 6.44. The van der Waals surface area contributed by atoms with Gasteiger partial charge in [-0.25, -0.2) is 4.57 Å². The zero-order valence-electron chi connectivity index (χ0n) is 11.8. The van der Waals surface area contributed by atoms with E-state index in [0.717, 1.165) is 5.69 Å². The molecule has 2 rings (SSSR count). The van der Waals surface area contributed by atoms with Crippen LogP contribution in [0.15, 0.2) is 54.9 Å². The van der Waals surface area contributed by atoms with Gasteiger partial charge in [0.2, 0.25) is 5.91 Å². The van der Waals surface area contributed by atoms with Gasteiger partial charge >= 0.3 is 0 Å². The largest absolute Gasteiger partial charge is 1.00 e. The molecule has 4 heteroatoms. The van der Waals surface area contributed by atoms with Gasteiger partial charge in [0, 0.05) is 24.9 Å². The van der Waals surface area contributed by atoms with Gasteiger partial charge in [0.15, 0.2) is 18.9 Å². The Morgan fingerprint density at radius 2 is 1.70 bits per heavy atom. The van der Waals surface area contributed by atoms with Crippen molar-refractivity contribution in [2.75, 3.05) is 11.9 Å². The van der Waals surface area contributed by atoms with E-state index < -0.39 is 0 Å². The third kappa shape index (κ3) is 4.46. The number of pyridine rings is 1. The summed E-state index contributed by atoms with van der Waals surface area (Å²) >= 11 is 0. The van der Waals surface area contributed by atoms with Crippen LogP contribution in [-0.2, 0) is 11.3 Å².